The number of amides is 2. The number of amidine groups is 1. The van der Waals surface area contributed by atoms with E-state index in [0.717, 1.165) is 37.6 Å². The van der Waals surface area contributed by atoms with Gasteiger partial charge in [0.2, 0.25) is 11.6 Å². The van der Waals surface area contributed by atoms with Gasteiger partial charge in [0.15, 0.2) is 0 Å². The van der Waals surface area contributed by atoms with Crippen LogP contribution >= 0.6 is 0 Å². The van der Waals surface area contributed by atoms with E-state index in [0.29, 0.717) is 35.8 Å². The Morgan fingerprint density at radius 3 is 2.80 bits per heavy atom. The predicted octanol–water partition coefficient (Wildman–Crippen LogP) is 3.84. The number of pyridine rings is 1. The summed E-state index contributed by atoms with van der Waals surface area (Å²) >= 11 is 0. The summed E-state index contributed by atoms with van der Waals surface area (Å²) in [5, 5.41) is 12.4. The minimum Gasteiger partial charge on any atom is -0.339 e. The fourth-order valence-corrected chi connectivity index (χ4v) is 5.81. The summed E-state index contributed by atoms with van der Waals surface area (Å²) in [6.07, 6.45) is 4.29. The zero-order valence-corrected chi connectivity index (χ0v) is 21.6. The molecule has 4 aliphatic rings. The molecular weight excluding hydrogens is 537 g/mol. The number of benzene rings is 1. The second-order valence-corrected chi connectivity index (χ2v) is 10.3. The molecule has 6 rings (SSSR count). The van der Waals surface area contributed by atoms with Crippen molar-refractivity contribution in [2.24, 2.45) is 21.7 Å². The summed E-state index contributed by atoms with van der Waals surface area (Å²) < 4.78 is 38.8. The Bertz CT molecular complexity index is 1640. The number of piperidine rings is 1. The van der Waals surface area contributed by atoms with Gasteiger partial charge in [-0.15, -0.1) is 4.59 Å². The molecule has 0 bridgehead atoms. The van der Waals surface area contributed by atoms with Crippen LogP contribution in [0.5, 0.6) is 0 Å². The van der Waals surface area contributed by atoms with Crippen molar-refractivity contribution in [3.05, 3.63) is 82.6 Å². The predicted molar refractivity (Wildman–Crippen MR) is 141 cm³/mol. The maximum absolute atomic E-state index is 13.1. The molecule has 0 aliphatic carbocycles. The maximum Gasteiger partial charge on any atom is 0.416 e. The second kappa shape index (κ2) is 9.76. The summed E-state index contributed by atoms with van der Waals surface area (Å²) in [4.78, 5) is 40.2. The van der Waals surface area contributed by atoms with Crippen molar-refractivity contribution >= 4 is 29.7 Å². The molecular formula is C28H24F3N8O2+. The molecule has 2 aromatic rings. The number of allylic oxidation sites excluding steroid dienone is 1. The number of anilines is 1. The van der Waals surface area contributed by atoms with E-state index in [2.05, 4.69) is 21.4 Å². The lowest BCUT2D eigenvalue weighted by atomic mass is 9.90. The molecule has 3 atom stereocenters. The van der Waals surface area contributed by atoms with Crippen LogP contribution in [-0.4, -0.2) is 50.9 Å². The fraction of sp³-hybridized carbons (Fsp3) is 0.286. The maximum atomic E-state index is 13.1. The van der Waals surface area contributed by atoms with Crippen LogP contribution in [0.25, 0.3) is 0 Å². The number of carbonyl (C=O) groups is 2. The number of aliphatic imine (C=N–C) groups is 2. The molecule has 0 saturated carbocycles. The van der Waals surface area contributed by atoms with Crippen LogP contribution in [0.1, 0.15) is 52.7 Å². The summed E-state index contributed by atoms with van der Waals surface area (Å²) in [7, 11) is 0. The smallest absolute Gasteiger partial charge is 0.339 e. The van der Waals surface area contributed by atoms with Gasteiger partial charge in [-0.1, -0.05) is 0 Å². The van der Waals surface area contributed by atoms with Crippen molar-refractivity contribution in [1.29, 1.82) is 5.26 Å². The number of aromatic nitrogens is 1. The molecule has 5 heterocycles. The first-order chi connectivity index (χ1) is 19.6. The molecule has 13 heteroatoms. The van der Waals surface area contributed by atoms with Crippen LogP contribution in [0.2, 0.25) is 0 Å². The fourth-order valence-electron chi connectivity index (χ4n) is 5.81. The van der Waals surface area contributed by atoms with E-state index < -0.39 is 17.6 Å². The Morgan fingerprint density at radius 1 is 1.20 bits per heavy atom. The number of carbonyl (C=O) groups excluding carboxylic acids is 2. The third-order valence-electron chi connectivity index (χ3n) is 7.90. The minimum atomic E-state index is -4.59. The van der Waals surface area contributed by atoms with E-state index in [1.165, 1.54) is 12.1 Å². The Kier molecular flexibility index (Phi) is 6.32. The van der Waals surface area contributed by atoms with E-state index in [1.807, 2.05) is 4.90 Å². The number of alkyl halides is 3. The molecule has 208 valence electrons. The highest BCUT2D eigenvalue weighted by Gasteiger charge is 2.48. The van der Waals surface area contributed by atoms with Crippen molar-refractivity contribution in [3.63, 3.8) is 0 Å². The number of rotatable bonds is 4. The van der Waals surface area contributed by atoms with Crippen LogP contribution < -0.4 is 11.2 Å². The number of nitrogens with two attached hydrogens (primary N) is 1. The molecule has 1 aromatic heterocycles. The SMILES string of the molecule is N#Cc1cc(C(=O)Nc2cc(C(F)(F)F)ccn2)ccc1C1=NC([C@@H]2CC[C@H]3CCC(=O)N3C2)=C2C=NC=C[N+]12N. The van der Waals surface area contributed by atoms with Crippen LogP contribution in [0, 0.1) is 17.2 Å². The van der Waals surface area contributed by atoms with Gasteiger partial charge >= 0.3 is 6.18 Å². The molecule has 2 amide bonds. The summed E-state index contributed by atoms with van der Waals surface area (Å²) in [5.41, 5.74) is 0.927. The summed E-state index contributed by atoms with van der Waals surface area (Å²) in [5.74, 6) is 6.27. The van der Waals surface area contributed by atoms with Crippen LogP contribution in [0.3, 0.4) is 0 Å². The largest absolute Gasteiger partial charge is 0.416 e. The highest BCUT2D eigenvalue weighted by atomic mass is 19.4. The third kappa shape index (κ3) is 4.60. The lowest BCUT2D eigenvalue weighted by molar-refractivity contribution is -0.750. The van der Waals surface area contributed by atoms with Gasteiger partial charge in [-0.2, -0.15) is 29.3 Å². The first-order valence-electron chi connectivity index (χ1n) is 13.0. The number of fused-ring (bicyclic) bond motifs is 2. The third-order valence-corrected chi connectivity index (χ3v) is 7.90. The van der Waals surface area contributed by atoms with Crippen molar-refractivity contribution in [2.75, 3.05) is 11.9 Å². The van der Waals surface area contributed by atoms with E-state index in [-0.39, 0.29) is 39.4 Å². The lowest BCUT2D eigenvalue weighted by Gasteiger charge is -2.35. The van der Waals surface area contributed by atoms with Crippen LogP contribution in [-0.2, 0) is 11.0 Å². The van der Waals surface area contributed by atoms with Gasteiger partial charge in [0.1, 0.15) is 23.8 Å². The zero-order chi connectivity index (χ0) is 28.9. The molecule has 10 nitrogen and oxygen atoms in total. The van der Waals surface area contributed by atoms with E-state index in [4.69, 9.17) is 10.8 Å². The monoisotopic (exact) mass is 561 g/mol. The molecule has 2 saturated heterocycles. The Labute approximate surface area is 232 Å². The van der Waals surface area contributed by atoms with Gasteiger partial charge in [0.05, 0.1) is 29.1 Å². The molecule has 0 radical (unpaired) electrons. The van der Waals surface area contributed by atoms with Crippen molar-refractivity contribution < 1.29 is 27.4 Å². The van der Waals surface area contributed by atoms with Gasteiger partial charge in [-0.3, -0.25) is 14.6 Å². The minimum absolute atomic E-state index is 0.0432. The number of hydrogen-bond donors (Lipinski definition) is 2. The number of nitrogens with one attached hydrogen (secondary N) is 1. The molecule has 3 N–H and O–H groups in total. The quantitative estimate of drug-likeness (QED) is 0.432. The van der Waals surface area contributed by atoms with Crippen molar-refractivity contribution in [3.8, 4) is 6.07 Å². The number of nitrogens with zero attached hydrogens (tertiary/aromatic N) is 6. The van der Waals surface area contributed by atoms with Gasteiger partial charge in [-0.05, 0) is 49.6 Å². The molecule has 1 aromatic carbocycles. The summed E-state index contributed by atoms with van der Waals surface area (Å²) in [6.45, 7) is 0.532. The number of quaternary nitrogens is 1. The van der Waals surface area contributed by atoms with Crippen molar-refractivity contribution in [2.45, 2.75) is 37.9 Å². The lowest BCUT2D eigenvalue weighted by Crippen LogP contribution is -2.53. The normalized spacial score (nSPS) is 25.1. The van der Waals surface area contributed by atoms with Crippen LogP contribution in [0.4, 0.5) is 19.0 Å². The zero-order valence-electron chi connectivity index (χ0n) is 21.6. The standard InChI is InChI=1S/C28H23F3N8O2/c29-28(30,31)19-7-8-35-23(12-19)36-27(41)16-2-5-21(18(11-16)13-32)26-37-25(22-14-34-9-10-39(22,26)33)17-1-3-20-4-6-24(40)38(20)15-17/h2,5,7-12,14,17,20H,1,3-4,6,15,33H2/p+1/t17-,20+,39?/m1/s1. The highest BCUT2D eigenvalue weighted by Crippen LogP contribution is 2.41. The average molecular weight is 562 g/mol. The van der Waals surface area contributed by atoms with E-state index in [9.17, 15) is 28.0 Å². The van der Waals surface area contributed by atoms with E-state index in [1.54, 1.807) is 24.7 Å². The number of hydrogen-bond acceptors (Lipinski definition) is 7. The topological polar surface area (TPSA) is 137 Å². The molecule has 2 fully saturated rings. The molecule has 1 unspecified atom stereocenters. The first kappa shape index (κ1) is 26.5. The number of nitriles is 1. The van der Waals surface area contributed by atoms with Gasteiger partial charge in [-0.25, -0.2) is 4.98 Å². The summed E-state index contributed by atoms with van der Waals surface area (Å²) in [6, 6.07) is 8.19. The highest BCUT2D eigenvalue weighted by molar-refractivity contribution is 6.06. The first-order valence-corrected chi connectivity index (χ1v) is 13.0. The number of halogens is 3. The second-order valence-electron chi connectivity index (χ2n) is 10.3. The van der Waals surface area contributed by atoms with Crippen LogP contribution in [0.15, 0.2) is 70.3 Å². The Balaban J connectivity index is 1.31. The Morgan fingerprint density at radius 2 is 2.02 bits per heavy atom. The molecule has 0 spiro atoms. The van der Waals surface area contributed by atoms with Gasteiger partial charge in [0.25, 0.3) is 11.7 Å². The van der Waals surface area contributed by atoms with Crippen molar-refractivity contribution in [1.82, 2.24) is 9.88 Å². The molecule has 4 aliphatic heterocycles. The Hall–Kier alpha value is -4.67. The average Bonchev–Trinajstić information content (AvgIpc) is 3.48. The van der Waals surface area contributed by atoms with E-state index >= 15 is 0 Å². The molecule has 41 heavy (non-hydrogen) atoms. The van der Waals surface area contributed by atoms with Gasteiger partial charge < -0.3 is 10.2 Å². The van der Waals surface area contributed by atoms with Gasteiger partial charge in [0, 0.05) is 36.7 Å².